The molecule has 0 aliphatic heterocycles. The highest BCUT2D eigenvalue weighted by Gasteiger charge is 2.29. The van der Waals surface area contributed by atoms with Crippen molar-refractivity contribution in [2.75, 3.05) is 20.8 Å². The molecule has 0 saturated carbocycles. The zero-order chi connectivity index (χ0) is 15.7. The van der Waals surface area contributed by atoms with Crippen LogP contribution in [-0.4, -0.2) is 26.8 Å². The molecular formula is C17H36O3. The number of hydrogen-bond donors (Lipinski definition) is 0. The van der Waals surface area contributed by atoms with Gasteiger partial charge >= 0.3 is 0 Å². The van der Waals surface area contributed by atoms with E-state index in [0.29, 0.717) is 6.61 Å². The van der Waals surface area contributed by atoms with E-state index in [1.807, 2.05) is 13.8 Å². The lowest BCUT2D eigenvalue weighted by molar-refractivity contribution is -0.363. The first kappa shape index (κ1) is 21.9. The summed E-state index contributed by atoms with van der Waals surface area (Å²) in [4.78, 5) is 0. The first-order valence-corrected chi connectivity index (χ1v) is 7.97. The Hall–Kier alpha value is -0.380. The number of ether oxygens (including phenoxy) is 3. The molecule has 3 nitrogen and oxygen atoms in total. The minimum atomic E-state index is -0.821. The fourth-order valence-electron chi connectivity index (χ4n) is 2.00. The summed E-state index contributed by atoms with van der Waals surface area (Å²) in [7, 11) is 3.28. The van der Waals surface area contributed by atoms with E-state index in [0.717, 1.165) is 12.8 Å². The Balaban J connectivity index is 0. The van der Waals surface area contributed by atoms with Gasteiger partial charge in [0.25, 0.3) is 5.97 Å². The highest BCUT2D eigenvalue weighted by molar-refractivity contribution is 4.57. The molecule has 0 aliphatic carbocycles. The lowest BCUT2D eigenvalue weighted by atomic mass is 10.1. The molecule has 0 aliphatic rings. The van der Waals surface area contributed by atoms with Crippen molar-refractivity contribution in [1.29, 1.82) is 0 Å². The van der Waals surface area contributed by atoms with Crippen LogP contribution in [0.5, 0.6) is 0 Å². The van der Waals surface area contributed by atoms with E-state index in [1.165, 1.54) is 38.5 Å². The van der Waals surface area contributed by atoms with Crippen molar-refractivity contribution >= 4 is 0 Å². The molecule has 0 atom stereocenters. The minimum absolute atomic E-state index is 0.609. The van der Waals surface area contributed by atoms with Crippen molar-refractivity contribution in [2.24, 2.45) is 0 Å². The molecule has 0 radical (unpaired) electrons. The lowest BCUT2D eigenvalue weighted by Gasteiger charge is -2.29. The fourth-order valence-corrected chi connectivity index (χ4v) is 2.00. The molecule has 0 unspecified atom stereocenters. The van der Waals surface area contributed by atoms with Gasteiger partial charge in [0.15, 0.2) is 0 Å². The van der Waals surface area contributed by atoms with Crippen LogP contribution >= 0.6 is 0 Å². The van der Waals surface area contributed by atoms with Crippen molar-refractivity contribution in [1.82, 2.24) is 0 Å². The van der Waals surface area contributed by atoms with Crippen molar-refractivity contribution in [2.45, 2.75) is 78.1 Å². The zero-order valence-electron chi connectivity index (χ0n) is 14.4. The quantitative estimate of drug-likeness (QED) is 0.277. The van der Waals surface area contributed by atoms with E-state index in [4.69, 9.17) is 14.2 Å². The first-order valence-electron chi connectivity index (χ1n) is 7.97. The first-order chi connectivity index (χ1) is 9.66. The van der Waals surface area contributed by atoms with E-state index in [9.17, 15) is 0 Å². The van der Waals surface area contributed by atoms with Gasteiger partial charge in [0.1, 0.15) is 0 Å². The van der Waals surface area contributed by atoms with Gasteiger partial charge in [0.05, 0.1) is 0 Å². The van der Waals surface area contributed by atoms with E-state index in [1.54, 1.807) is 20.3 Å². The predicted molar refractivity (Wildman–Crippen MR) is 86.9 cm³/mol. The molecule has 0 amide bonds. The lowest BCUT2D eigenvalue weighted by Crippen LogP contribution is -2.37. The van der Waals surface area contributed by atoms with E-state index >= 15 is 0 Å². The maximum atomic E-state index is 5.53. The summed E-state index contributed by atoms with van der Waals surface area (Å²) >= 11 is 0. The molecule has 122 valence electrons. The van der Waals surface area contributed by atoms with Gasteiger partial charge in [-0.05, 0) is 20.3 Å². The molecule has 0 spiro atoms. The number of methoxy groups -OCH3 is 2. The van der Waals surface area contributed by atoms with Crippen LogP contribution in [0.3, 0.4) is 0 Å². The van der Waals surface area contributed by atoms with Crippen molar-refractivity contribution in [3.05, 3.63) is 12.7 Å². The Morgan fingerprint density at radius 3 is 1.75 bits per heavy atom. The molecule has 0 aromatic carbocycles. The molecule has 0 fully saturated rings. The summed E-state index contributed by atoms with van der Waals surface area (Å²) in [6.45, 7) is 10.1. The van der Waals surface area contributed by atoms with E-state index in [-0.39, 0.29) is 0 Å². The molecule has 0 rings (SSSR count). The summed E-state index contributed by atoms with van der Waals surface area (Å²) in [5.74, 6) is -0.821. The maximum Gasteiger partial charge on any atom is 0.282 e. The Kier molecular flexibility index (Phi) is 18.3. The third-order valence-electron chi connectivity index (χ3n) is 3.07. The largest absolute Gasteiger partial charge is 0.331 e. The average Bonchev–Trinajstić information content (AvgIpc) is 2.46. The molecule has 0 saturated heterocycles. The van der Waals surface area contributed by atoms with E-state index in [2.05, 4.69) is 13.5 Å². The second-order valence-corrected chi connectivity index (χ2v) is 4.80. The molecule has 0 aromatic rings. The number of hydrogen-bond acceptors (Lipinski definition) is 3. The molecule has 0 N–H and O–H groups in total. The fraction of sp³-hybridized carbons (Fsp3) is 0.882. The summed E-state index contributed by atoms with van der Waals surface area (Å²) in [5.41, 5.74) is 0. The second-order valence-electron chi connectivity index (χ2n) is 4.80. The predicted octanol–water partition coefficient (Wildman–Crippen LogP) is 5.30. The number of allylic oxidation sites excluding steroid dienone is 1. The molecule has 0 bridgehead atoms. The van der Waals surface area contributed by atoms with Gasteiger partial charge in [-0.1, -0.05) is 51.5 Å². The third kappa shape index (κ3) is 12.6. The summed E-state index contributed by atoms with van der Waals surface area (Å²) in [5, 5.41) is 0. The van der Waals surface area contributed by atoms with Gasteiger partial charge < -0.3 is 14.2 Å². The van der Waals surface area contributed by atoms with E-state index < -0.39 is 5.97 Å². The SMILES string of the molecule is C=CC.CCCCCCCCCC(OC)(OC)OCC. The Morgan fingerprint density at radius 1 is 0.900 bits per heavy atom. The monoisotopic (exact) mass is 288 g/mol. The van der Waals surface area contributed by atoms with Crippen LogP contribution in [0.4, 0.5) is 0 Å². The van der Waals surface area contributed by atoms with Crippen LogP contribution < -0.4 is 0 Å². The standard InChI is InChI=1S/C14H30O3.C3H6/c1-5-7-8-9-10-11-12-13-14(15-3,16-4)17-6-2;1-3-2/h5-13H2,1-4H3;3H,1H2,2H3. The maximum absolute atomic E-state index is 5.53. The van der Waals surface area contributed by atoms with Crippen molar-refractivity contribution < 1.29 is 14.2 Å². The third-order valence-corrected chi connectivity index (χ3v) is 3.07. The van der Waals surface area contributed by atoms with Gasteiger partial charge in [-0.15, -0.1) is 6.58 Å². The Morgan fingerprint density at radius 2 is 1.35 bits per heavy atom. The molecule has 3 heteroatoms. The van der Waals surface area contributed by atoms with Gasteiger partial charge in [0, 0.05) is 27.2 Å². The smallest absolute Gasteiger partial charge is 0.282 e. The summed E-state index contributed by atoms with van der Waals surface area (Å²) in [6.07, 6.45) is 11.5. The summed E-state index contributed by atoms with van der Waals surface area (Å²) in [6, 6.07) is 0. The van der Waals surface area contributed by atoms with Crippen LogP contribution in [-0.2, 0) is 14.2 Å². The van der Waals surface area contributed by atoms with Crippen LogP contribution in [0, 0.1) is 0 Å². The molecule has 20 heavy (non-hydrogen) atoms. The highest BCUT2D eigenvalue weighted by Crippen LogP contribution is 2.22. The topological polar surface area (TPSA) is 27.7 Å². The van der Waals surface area contributed by atoms with Crippen LogP contribution in [0.1, 0.15) is 72.1 Å². The molecule has 0 aromatic heterocycles. The average molecular weight is 288 g/mol. The zero-order valence-corrected chi connectivity index (χ0v) is 14.4. The van der Waals surface area contributed by atoms with Crippen LogP contribution in [0.2, 0.25) is 0 Å². The molecule has 0 heterocycles. The minimum Gasteiger partial charge on any atom is -0.331 e. The van der Waals surface area contributed by atoms with Gasteiger partial charge in [0.2, 0.25) is 0 Å². The second kappa shape index (κ2) is 16.7. The summed E-state index contributed by atoms with van der Waals surface area (Å²) < 4.78 is 16.2. The normalized spacial score (nSPS) is 10.8. The van der Waals surface area contributed by atoms with Gasteiger partial charge in [-0.2, -0.15) is 0 Å². The van der Waals surface area contributed by atoms with Gasteiger partial charge in [-0.3, -0.25) is 0 Å². The van der Waals surface area contributed by atoms with Gasteiger partial charge in [-0.25, -0.2) is 0 Å². The van der Waals surface area contributed by atoms with Crippen molar-refractivity contribution in [3.63, 3.8) is 0 Å². The van der Waals surface area contributed by atoms with Crippen LogP contribution in [0.15, 0.2) is 12.7 Å². The molecular weight excluding hydrogens is 252 g/mol. The number of rotatable bonds is 12. The number of unbranched alkanes of at least 4 members (excludes halogenated alkanes) is 6. The Labute approximate surface area is 126 Å². The highest BCUT2D eigenvalue weighted by atomic mass is 16.9. The van der Waals surface area contributed by atoms with Crippen LogP contribution in [0.25, 0.3) is 0 Å². The van der Waals surface area contributed by atoms with Crippen molar-refractivity contribution in [3.8, 4) is 0 Å². The Bertz CT molecular complexity index is 189.